The van der Waals surface area contributed by atoms with E-state index in [1.807, 2.05) is 0 Å². The SMILES string of the molecule is C1=CC2=C(CC3(C=C2)CCC(N2CCCC2)C3)c2ccccc2C1. The van der Waals surface area contributed by atoms with Crippen LogP contribution in [0.25, 0.3) is 5.57 Å². The molecule has 0 aromatic heterocycles. The van der Waals surface area contributed by atoms with Gasteiger partial charge >= 0.3 is 0 Å². The molecule has 2 unspecified atom stereocenters. The summed E-state index contributed by atoms with van der Waals surface area (Å²) in [5.41, 5.74) is 6.47. The van der Waals surface area contributed by atoms with Crippen LogP contribution < -0.4 is 0 Å². The van der Waals surface area contributed by atoms with Crippen LogP contribution in [0, 0.1) is 5.41 Å². The molecule has 3 aliphatic carbocycles. The Balaban J connectivity index is 1.45. The summed E-state index contributed by atoms with van der Waals surface area (Å²) in [7, 11) is 0. The quantitative estimate of drug-likeness (QED) is 0.692. The van der Waals surface area contributed by atoms with Crippen molar-refractivity contribution in [1.29, 1.82) is 0 Å². The summed E-state index contributed by atoms with van der Waals surface area (Å²) in [6.45, 7) is 2.67. The first kappa shape index (κ1) is 14.7. The summed E-state index contributed by atoms with van der Waals surface area (Å²) in [5.74, 6) is 0. The Hall–Kier alpha value is -1.60. The zero-order valence-corrected chi connectivity index (χ0v) is 14.5. The monoisotopic (exact) mass is 317 g/mol. The molecule has 2 atom stereocenters. The van der Waals surface area contributed by atoms with E-state index in [1.165, 1.54) is 68.3 Å². The molecule has 4 aliphatic rings. The van der Waals surface area contributed by atoms with Gasteiger partial charge < -0.3 is 4.90 Å². The van der Waals surface area contributed by atoms with Crippen molar-refractivity contribution in [2.24, 2.45) is 5.41 Å². The first-order chi connectivity index (χ1) is 11.8. The highest BCUT2D eigenvalue weighted by atomic mass is 15.2. The van der Waals surface area contributed by atoms with E-state index in [4.69, 9.17) is 0 Å². The van der Waals surface area contributed by atoms with Gasteiger partial charge in [0.1, 0.15) is 0 Å². The van der Waals surface area contributed by atoms with E-state index < -0.39 is 0 Å². The molecule has 1 aromatic carbocycles. The summed E-state index contributed by atoms with van der Waals surface area (Å²) in [6.07, 6.45) is 19.0. The predicted octanol–water partition coefficient (Wildman–Crippen LogP) is 5.15. The van der Waals surface area contributed by atoms with Crippen LogP contribution in [0.5, 0.6) is 0 Å². The Morgan fingerprint density at radius 1 is 1.04 bits per heavy atom. The maximum Gasteiger partial charge on any atom is 0.0104 e. The van der Waals surface area contributed by atoms with Crippen molar-refractivity contribution < 1.29 is 0 Å². The van der Waals surface area contributed by atoms with Crippen LogP contribution in [0.2, 0.25) is 0 Å². The molecule has 0 bridgehead atoms. The normalized spacial score (nSPS) is 32.2. The lowest BCUT2D eigenvalue weighted by molar-refractivity contribution is 0.231. The van der Waals surface area contributed by atoms with Crippen LogP contribution >= 0.6 is 0 Å². The van der Waals surface area contributed by atoms with E-state index in [2.05, 4.69) is 53.5 Å². The van der Waals surface area contributed by atoms with Crippen LogP contribution in [0.4, 0.5) is 0 Å². The molecule has 0 N–H and O–H groups in total. The lowest BCUT2D eigenvalue weighted by Crippen LogP contribution is -2.32. The molecule has 1 nitrogen and oxygen atoms in total. The van der Waals surface area contributed by atoms with Crippen LogP contribution in [0.3, 0.4) is 0 Å². The summed E-state index contributed by atoms with van der Waals surface area (Å²) < 4.78 is 0. The lowest BCUT2D eigenvalue weighted by atomic mass is 9.73. The second kappa shape index (κ2) is 5.74. The third kappa shape index (κ3) is 2.41. The molecular weight excluding hydrogens is 290 g/mol. The number of likely N-dealkylation sites (tertiary alicyclic amines) is 1. The van der Waals surface area contributed by atoms with Gasteiger partial charge in [-0.2, -0.15) is 0 Å². The number of hydrogen-bond acceptors (Lipinski definition) is 1. The van der Waals surface area contributed by atoms with Gasteiger partial charge in [0.05, 0.1) is 0 Å². The first-order valence-electron chi connectivity index (χ1n) is 9.74. The third-order valence-electron chi connectivity index (χ3n) is 6.75. The fraction of sp³-hybridized carbons (Fsp3) is 0.478. The molecule has 124 valence electrons. The fourth-order valence-electron chi connectivity index (χ4n) is 5.45. The van der Waals surface area contributed by atoms with Gasteiger partial charge in [0, 0.05) is 6.04 Å². The molecule has 5 rings (SSSR count). The minimum atomic E-state index is 0.414. The van der Waals surface area contributed by atoms with Crippen molar-refractivity contribution in [2.75, 3.05) is 13.1 Å². The van der Waals surface area contributed by atoms with Crippen molar-refractivity contribution in [3.05, 3.63) is 65.3 Å². The summed E-state index contributed by atoms with van der Waals surface area (Å²) in [6, 6.07) is 9.88. The van der Waals surface area contributed by atoms with Crippen molar-refractivity contribution in [3.63, 3.8) is 0 Å². The molecule has 1 heterocycles. The number of fused-ring (bicyclic) bond motifs is 2. The molecule has 1 saturated heterocycles. The van der Waals surface area contributed by atoms with Crippen LogP contribution in [-0.4, -0.2) is 24.0 Å². The van der Waals surface area contributed by atoms with Gasteiger partial charge in [-0.3, -0.25) is 0 Å². The molecule has 1 spiro atoms. The van der Waals surface area contributed by atoms with Crippen LogP contribution in [0.1, 0.15) is 49.7 Å². The van der Waals surface area contributed by atoms with E-state index in [9.17, 15) is 0 Å². The Bertz CT molecular complexity index is 732. The van der Waals surface area contributed by atoms with Gasteiger partial charge in [-0.25, -0.2) is 0 Å². The molecule has 0 amide bonds. The Morgan fingerprint density at radius 2 is 1.92 bits per heavy atom. The molecule has 2 fully saturated rings. The Kier molecular flexibility index (Phi) is 3.52. The van der Waals surface area contributed by atoms with Gasteiger partial charge in [0.15, 0.2) is 0 Å². The zero-order valence-electron chi connectivity index (χ0n) is 14.5. The average Bonchev–Trinajstić information content (AvgIpc) is 3.23. The third-order valence-corrected chi connectivity index (χ3v) is 6.75. The molecule has 0 radical (unpaired) electrons. The van der Waals surface area contributed by atoms with E-state index in [0.717, 1.165) is 12.5 Å². The van der Waals surface area contributed by atoms with Gasteiger partial charge in [-0.1, -0.05) is 48.6 Å². The maximum atomic E-state index is 2.77. The summed E-state index contributed by atoms with van der Waals surface area (Å²) in [5, 5.41) is 0. The molecule has 1 aromatic rings. The van der Waals surface area contributed by atoms with E-state index in [1.54, 1.807) is 5.57 Å². The molecule has 24 heavy (non-hydrogen) atoms. The van der Waals surface area contributed by atoms with Crippen molar-refractivity contribution >= 4 is 5.57 Å². The van der Waals surface area contributed by atoms with Gasteiger partial charge in [-0.15, -0.1) is 0 Å². The van der Waals surface area contributed by atoms with Crippen molar-refractivity contribution in [2.45, 2.75) is 51.0 Å². The lowest BCUT2D eigenvalue weighted by Gasteiger charge is -2.33. The molecule has 1 aliphatic heterocycles. The number of rotatable bonds is 1. The number of benzene rings is 1. The van der Waals surface area contributed by atoms with E-state index in [-0.39, 0.29) is 0 Å². The molecule has 1 saturated carbocycles. The van der Waals surface area contributed by atoms with Crippen molar-refractivity contribution in [1.82, 2.24) is 4.90 Å². The Labute approximate surface area is 145 Å². The van der Waals surface area contributed by atoms with Crippen LogP contribution in [0.15, 0.2) is 54.1 Å². The second-order valence-electron chi connectivity index (χ2n) is 8.21. The highest BCUT2D eigenvalue weighted by molar-refractivity contribution is 5.78. The van der Waals surface area contributed by atoms with Crippen molar-refractivity contribution in [3.8, 4) is 0 Å². The molecule has 1 heteroatoms. The topological polar surface area (TPSA) is 3.24 Å². The highest BCUT2D eigenvalue weighted by Crippen LogP contribution is 2.51. The van der Waals surface area contributed by atoms with E-state index in [0.29, 0.717) is 5.41 Å². The minimum Gasteiger partial charge on any atom is -0.300 e. The average molecular weight is 317 g/mol. The van der Waals surface area contributed by atoms with Gasteiger partial charge in [0.2, 0.25) is 0 Å². The number of hydrogen-bond donors (Lipinski definition) is 0. The minimum absolute atomic E-state index is 0.414. The summed E-state index contributed by atoms with van der Waals surface area (Å²) >= 11 is 0. The predicted molar refractivity (Wildman–Crippen MR) is 101 cm³/mol. The van der Waals surface area contributed by atoms with Gasteiger partial charge in [0.25, 0.3) is 0 Å². The highest BCUT2D eigenvalue weighted by Gasteiger charge is 2.42. The number of allylic oxidation sites excluding steroid dienone is 6. The standard InChI is InChI=1S/C23H27N/c1-2-9-21-18(6-1)7-5-8-19-10-12-23(17-22(19)21)13-11-20(16-23)24-14-3-4-15-24/h1-2,5-6,8-10,12,20H,3-4,7,11,13-17H2. The van der Waals surface area contributed by atoms with Gasteiger partial charge in [-0.05, 0) is 85.7 Å². The van der Waals surface area contributed by atoms with E-state index >= 15 is 0 Å². The first-order valence-corrected chi connectivity index (χ1v) is 9.74. The number of nitrogens with zero attached hydrogens (tertiary/aromatic N) is 1. The molecular formula is C23H27N. The Morgan fingerprint density at radius 3 is 2.83 bits per heavy atom. The fourth-order valence-corrected chi connectivity index (χ4v) is 5.45. The summed E-state index contributed by atoms with van der Waals surface area (Å²) in [4.78, 5) is 2.77. The second-order valence-corrected chi connectivity index (χ2v) is 8.21. The largest absolute Gasteiger partial charge is 0.300 e. The maximum absolute atomic E-state index is 2.77. The van der Waals surface area contributed by atoms with Crippen LogP contribution in [-0.2, 0) is 6.42 Å². The zero-order chi connectivity index (χ0) is 16.0. The smallest absolute Gasteiger partial charge is 0.0104 e.